The molecule has 0 spiro atoms. The molecule has 0 atom stereocenters. The number of fused-ring (bicyclic) bond motifs is 2. The summed E-state index contributed by atoms with van der Waals surface area (Å²) in [5.74, 6) is 2.13. The van der Waals surface area contributed by atoms with Crippen molar-refractivity contribution in [2.75, 3.05) is 7.05 Å². The fraction of sp³-hybridized carbons (Fsp3) is 0.208. The minimum absolute atomic E-state index is 0.114. The van der Waals surface area contributed by atoms with E-state index in [4.69, 9.17) is 4.74 Å². The summed E-state index contributed by atoms with van der Waals surface area (Å²) in [4.78, 5) is 22.8. The van der Waals surface area contributed by atoms with Gasteiger partial charge in [0.05, 0.1) is 31.6 Å². The highest BCUT2D eigenvalue weighted by atomic mass is 32.1. The van der Waals surface area contributed by atoms with Crippen LogP contribution in [-0.2, 0) is 20.5 Å². The number of amides is 1. The lowest BCUT2D eigenvalue weighted by Crippen LogP contribution is -2.19. The minimum atomic E-state index is -0.114. The Hall–Kier alpha value is -3.65. The van der Waals surface area contributed by atoms with Gasteiger partial charge in [0.1, 0.15) is 17.3 Å². The number of nitrogens with one attached hydrogen (secondary N) is 1. The van der Waals surface area contributed by atoms with Gasteiger partial charge in [-0.3, -0.25) is 9.78 Å². The SMILES string of the molecule is CCc1c(C(=O)NC)c2c(Oc3ccnc4cc(-c5nccn5C)sc34)cccc2n1C. The fourth-order valence-electron chi connectivity index (χ4n) is 4.20. The van der Waals surface area contributed by atoms with E-state index in [-0.39, 0.29) is 5.91 Å². The van der Waals surface area contributed by atoms with Gasteiger partial charge >= 0.3 is 0 Å². The van der Waals surface area contributed by atoms with Crippen molar-refractivity contribution in [2.24, 2.45) is 14.1 Å². The Morgan fingerprint density at radius 1 is 1.16 bits per heavy atom. The van der Waals surface area contributed by atoms with Crippen molar-refractivity contribution in [3.8, 4) is 22.2 Å². The van der Waals surface area contributed by atoms with Crippen LogP contribution >= 0.6 is 11.3 Å². The van der Waals surface area contributed by atoms with Crippen molar-refractivity contribution in [1.82, 2.24) is 24.4 Å². The number of carbonyl (C=O) groups is 1. The van der Waals surface area contributed by atoms with E-state index in [1.165, 1.54) is 0 Å². The largest absolute Gasteiger partial charge is 0.455 e. The van der Waals surface area contributed by atoms with E-state index < -0.39 is 0 Å². The van der Waals surface area contributed by atoms with E-state index in [0.717, 1.165) is 43.9 Å². The first-order valence-corrected chi connectivity index (χ1v) is 11.2. The molecule has 0 unspecified atom stereocenters. The normalized spacial score (nSPS) is 11.4. The number of benzene rings is 1. The van der Waals surface area contributed by atoms with Gasteiger partial charge in [-0.1, -0.05) is 13.0 Å². The molecule has 0 bridgehead atoms. The van der Waals surface area contributed by atoms with Crippen molar-refractivity contribution in [3.63, 3.8) is 0 Å². The Bertz CT molecular complexity index is 1480. The van der Waals surface area contributed by atoms with Crippen LogP contribution in [0.25, 0.3) is 31.8 Å². The zero-order valence-electron chi connectivity index (χ0n) is 18.3. The number of ether oxygens (including phenoxy) is 1. The number of rotatable bonds is 5. The smallest absolute Gasteiger partial charge is 0.253 e. The van der Waals surface area contributed by atoms with Crippen LogP contribution in [0, 0.1) is 0 Å². The van der Waals surface area contributed by atoms with E-state index in [2.05, 4.69) is 26.8 Å². The predicted octanol–water partition coefficient (Wildman–Crippen LogP) is 4.90. The molecule has 0 saturated carbocycles. The molecule has 32 heavy (non-hydrogen) atoms. The van der Waals surface area contributed by atoms with Crippen LogP contribution in [0.5, 0.6) is 11.5 Å². The van der Waals surface area contributed by atoms with Crippen LogP contribution in [-0.4, -0.2) is 32.1 Å². The Morgan fingerprint density at radius 3 is 2.72 bits per heavy atom. The Balaban J connectivity index is 1.68. The van der Waals surface area contributed by atoms with Crippen LogP contribution in [0.4, 0.5) is 0 Å². The summed E-state index contributed by atoms with van der Waals surface area (Å²) < 4.78 is 11.5. The summed E-state index contributed by atoms with van der Waals surface area (Å²) in [6.07, 6.45) is 6.19. The lowest BCUT2D eigenvalue weighted by atomic mass is 10.1. The van der Waals surface area contributed by atoms with Crippen LogP contribution in [0.1, 0.15) is 23.0 Å². The fourth-order valence-corrected chi connectivity index (χ4v) is 5.31. The summed E-state index contributed by atoms with van der Waals surface area (Å²) in [5, 5.41) is 3.60. The highest BCUT2D eigenvalue weighted by molar-refractivity contribution is 7.22. The molecule has 5 aromatic rings. The topological polar surface area (TPSA) is 74.0 Å². The molecule has 0 fully saturated rings. The van der Waals surface area contributed by atoms with Gasteiger partial charge in [0.25, 0.3) is 5.91 Å². The van der Waals surface area contributed by atoms with Gasteiger partial charge in [0.15, 0.2) is 0 Å². The number of imidazole rings is 1. The van der Waals surface area contributed by atoms with E-state index in [9.17, 15) is 4.79 Å². The molecule has 162 valence electrons. The summed E-state index contributed by atoms with van der Waals surface area (Å²) >= 11 is 1.59. The molecular formula is C24H23N5O2S. The van der Waals surface area contributed by atoms with Gasteiger partial charge < -0.3 is 19.2 Å². The lowest BCUT2D eigenvalue weighted by molar-refractivity contribution is 0.0963. The second kappa shape index (κ2) is 7.80. The van der Waals surface area contributed by atoms with E-state index >= 15 is 0 Å². The molecule has 1 amide bonds. The Morgan fingerprint density at radius 2 is 2.00 bits per heavy atom. The van der Waals surface area contributed by atoms with Gasteiger partial charge in [0, 0.05) is 51.5 Å². The van der Waals surface area contributed by atoms with Gasteiger partial charge in [-0.2, -0.15) is 0 Å². The average molecular weight is 446 g/mol. The standard InChI is InChI=1S/C24H23N5O2S/c1-5-15-21(24(30)25-2)20-16(29(15)4)7-6-8-17(20)31-18-9-10-26-14-13-19(32-22(14)18)23-27-11-12-28(23)3/h6-13H,5H2,1-4H3,(H,25,30). The zero-order chi connectivity index (χ0) is 22.4. The number of aryl methyl sites for hydroxylation is 2. The predicted molar refractivity (Wildman–Crippen MR) is 128 cm³/mol. The van der Waals surface area contributed by atoms with E-state index in [0.29, 0.717) is 17.1 Å². The second-order valence-corrected chi connectivity index (χ2v) is 8.61. The zero-order valence-corrected chi connectivity index (χ0v) is 19.2. The molecular weight excluding hydrogens is 422 g/mol. The molecule has 7 nitrogen and oxygen atoms in total. The van der Waals surface area contributed by atoms with Crippen molar-refractivity contribution in [2.45, 2.75) is 13.3 Å². The number of carbonyl (C=O) groups excluding carboxylic acids is 1. The minimum Gasteiger partial charge on any atom is -0.455 e. The van der Waals surface area contributed by atoms with Crippen LogP contribution < -0.4 is 10.1 Å². The summed E-state index contributed by atoms with van der Waals surface area (Å²) in [5.41, 5.74) is 3.45. The van der Waals surface area contributed by atoms with Gasteiger partial charge in [-0.05, 0) is 24.6 Å². The lowest BCUT2D eigenvalue weighted by Gasteiger charge is -2.09. The molecule has 4 aromatic heterocycles. The molecule has 1 N–H and O–H groups in total. The Kier molecular flexibility index (Phi) is 4.94. The molecule has 0 aliphatic carbocycles. The number of thiophene rings is 1. The maximum Gasteiger partial charge on any atom is 0.253 e. The summed E-state index contributed by atoms with van der Waals surface area (Å²) in [6, 6.07) is 9.78. The second-order valence-electron chi connectivity index (χ2n) is 7.56. The quantitative estimate of drug-likeness (QED) is 0.417. The number of nitrogens with zero attached hydrogens (tertiary/aromatic N) is 4. The van der Waals surface area contributed by atoms with E-state index in [1.54, 1.807) is 30.8 Å². The molecule has 0 radical (unpaired) electrons. The first-order chi connectivity index (χ1) is 15.5. The van der Waals surface area contributed by atoms with Crippen molar-refractivity contribution in [3.05, 3.63) is 60.2 Å². The van der Waals surface area contributed by atoms with Crippen LogP contribution in [0.15, 0.2) is 48.9 Å². The molecule has 8 heteroatoms. The molecule has 0 aliphatic heterocycles. The third kappa shape index (κ3) is 3.06. The highest BCUT2D eigenvalue weighted by Gasteiger charge is 2.23. The molecule has 0 aliphatic rings. The summed E-state index contributed by atoms with van der Waals surface area (Å²) in [7, 11) is 5.61. The van der Waals surface area contributed by atoms with E-state index in [1.807, 2.05) is 55.2 Å². The highest BCUT2D eigenvalue weighted by Crippen LogP contribution is 2.41. The third-order valence-corrected chi connectivity index (χ3v) is 6.87. The summed E-state index contributed by atoms with van der Waals surface area (Å²) in [6.45, 7) is 2.05. The van der Waals surface area contributed by atoms with Gasteiger partial charge in [-0.15, -0.1) is 11.3 Å². The maximum absolute atomic E-state index is 12.8. The molecule has 0 saturated heterocycles. The number of pyridine rings is 1. The Labute approximate surface area is 189 Å². The number of hydrogen-bond donors (Lipinski definition) is 1. The molecule has 4 heterocycles. The first kappa shape index (κ1) is 20.3. The van der Waals surface area contributed by atoms with Crippen molar-refractivity contribution < 1.29 is 9.53 Å². The molecule has 1 aromatic carbocycles. The van der Waals surface area contributed by atoms with Crippen molar-refractivity contribution >= 4 is 38.4 Å². The van der Waals surface area contributed by atoms with Gasteiger partial charge in [-0.25, -0.2) is 4.98 Å². The number of hydrogen-bond acceptors (Lipinski definition) is 5. The van der Waals surface area contributed by atoms with Crippen molar-refractivity contribution in [1.29, 1.82) is 0 Å². The van der Waals surface area contributed by atoms with Crippen LogP contribution in [0.3, 0.4) is 0 Å². The van der Waals surface area contributed by atoms with Gasteiger partial charge in [0.2, 0.25) is 0 Å². The monoisotopic (exact) mass is 445 g/mol. The average Bonchev–Trinajstić information content (AvgIpc) is 3.49. The van der Waals surface area contributed by atoms with Crippen LogP contribution in [0.2, 0.25) is 0 Å². The first-order valence-electron chi connectivity index (χ1n) is 10.4. The molecule has 5 rings (SSSR count). The maximum atomic E-state index is 12.8. The number of aromatic nitrogens is 4. The third-order valence-electron chi connectivity index (χ3n) is 5.74.